The maximum absolute atomic E-state index is 14.7. The zero-order valence-corrected chi connectivity index (χ0v) is 25.6. The van der Waals surface area contributed by atoms with Crippen LogP contribution in [0, 0.1) is 19.3 Å². The fourth-order valence-corrected chi connectivity index (χ4v) is 7.12. The Hall–Kier alpha value is -4.17. The number of nitrogens with zero attached hydrogens (tertiary/aromatic N) is 3. The molecule has 0 aliphatic carbocycles. The SMILES string of the molecule is Cc1cc2nc(C3C(=O)N(Cc4ccccc4)c4ccccc4C3NC3CCCN(C(=O)O)C3C(C)(C)C)[nH]c2cc1C. The van der Waals surface area contributed by atoms with Gasteiger partial charge in [-0.25, -0.2) is 9.78 Å². The third kappa shape index (κ3) is 5.40. The molecule has 43 heavy (non-hydrogen) atoms. The molecule has 1 aromatic heterocycles. The summed E-state index contributed by atoms with van der Waals surface area (Å²) in [6.45, 7) is 11.4. The minimum atomic E-state index is -0.903. The number of hydrogen-bond donors (Lipinski definition) is 3. The number of fused-ring (bicyclic) bond motifs is 2. The summed E-state index contributed by atoms with van der Waals surface area (Å²) in [5.41, 5.74) is 6.66. The zero-order valence-electron chi connectivity index (χ0n) is 25.6. The molecule has 224 valence electrons. The summed E-state index contributed by atoms with van der Waals surface area (Å²) in [4.78, 5) is 39.1. The molecular weight excluding hydrogens is 538 g/mol. The first-order valence-corrected chi connectivity index (χ1v) is 15.2. The molecule has 1 fully saturated rings. The van der Waals surface area contributed by atoms with E-state index in [1.54, 1.807) is 4.90 Å². The molecule has 2 aliphatic heterocycles. The molecule has 4 atom stereocenters. The molecule has 3 N–H and O–H groups in total. The molecule has 0 spiro atoms. The predicted octanol–water partition coefficient (Wildman–Crippen LogP) is 6.70. The number of carbonyl (C=O) groups excluding carboxylic acids is 1. The van der Waals surface area contributed by atoms with E-state index in [0.29, 0.717) is 18.9 Å². The lowest BCUT2D eigenvalue weighted by atomic mass is 9.76. The lowest BCUT2D eigenvalue weighted by molar-refractivity contribution is -0.121. The van der Waals surface area contributed by atoms with E-state index in [2.05, 4.69) is 63.1 Å². The number of imidazole rings is 1. The standard InChI is InChI=1S/C35H41N5O3/c1-21-18-26-27(19-22(21)2)38-32(37-26)29-30(36-25-15-11-17-39(34(42)43)31(25)35(3,4)5)24-14-9-10-16-28(24)40(33(29)41)20-23-12-7-6-8-13-23/h6-10,12-14,16,18-19,25,29-31,36H,11,15,17,20H2,1-5H3,(H,37,38)(H,42,43). The van der Waals surface area contributed by atoms with Gasteiger partial charge in [0.25, 0.3) is 0 Å². The van der Waals surface area contributed by atoms with Crippen LogP contribution in [0.15, 0.2) is 66.7 Å². The van der Waals surface area contributed by atoms with Crippen LogP contribution in [0.4, 0.5) is 10.5 Å². The molecule has 4 unspecified atom stereocenters. The van der Waals surface area contributed by atoms with Crippen molar-refractivity contribution in [3.05, 3.63) is 94.8 Å². The summed E-state index contributed by atoms with van der Waals surface area (Å²) < 4.78 is 0. The number of anilines is 1. The van der Waals surface area contributed by atoms with Gasteiger partial charge in [0.05, 0.1) is 29.7 Å². The van der Waals surface area contributed by atoms with Crippen LogP contribution in [-0.2, 0) is 11.3 Å². The number of benzene rings is 3. The number of nitrogens with one attached hydrogen (secondary N) is 2. The van der Waals surface area contributed by atoms with E-state index in [9.17, 15) is 14.7 Å². The van der Waals surface area contributed by atoms with Gasteiger partial charge in [-0.05, 0) is 72.6 Å². The monoisotopic (exact) mass is 579 g/mol. The highest BCUT2D eigenvalue weighted by molar-refractivity contribution is 6.02. The molecule has 2 amide bonds. The van der Waals surface area contributed by atoms with E-state index < -0.39 is 18.1 Å². The van der Waals surface area contributed by atoms with Crippen molar-refractivity contribution in [1.82, 2.24) is 20.2 Å². The minimum Gasteiger partial charge on any atom is -0.465 e. The first kappa shape index (κ1) is 28.9. The van der Waals surface area contributed by atoms with Crippen molar-refractivity contribution in [2.24, 2.45) is 5.41 Å². The topological polar surface area (TPSA) is 102 Å². The van der Waals surface area contributed by atoms with Crippen molar-refractivity contribution in [1.29, 1.82) is 0 Å². The maximum Gasteiger partial charge on any atom is 0.407 e. The number of hydrogen-bond acceptors (Lipinski definition) is 4. The number of piperidine rings is 1. The van der Waals surface area contributed by atoms with Crippen molar-refractivity contribution in [3.63, 3.8) is 0 Å². The van der Waals surface area contributed by atoms with Gasteiger partial charge in [0, 0.05) is 18.3 Å². The largest absolute Gasteiger partial charge is 0.465 e. The Morgan fingerprint density at radius 2 is 1.74 bits per heavy atom. The van der Waals surface area contributed by atoms with Gasteiger partial charge in [-0.3, -0.25) is 4.79 Å². The quantitative estimate of drug-likeness (QED) is 0.244. The highest BCUT2D eigenvalue weighted by atomic mass is 16.4. The molecule has 3 aromatic carbocycles. The summed E-state index contributed by atoms with van der Waals surface area (Å²) in [6, 6.07) is 21.5. The van der Waals surface area contributed by atoms with Crippen LogP contribution >= 0.6 is 0 Å². The summed E-state index contributed by atoms with van der Waals surface area (Å²) in [6.07, 6.45) is 0.671. The third-order valence-corrected chi connectivity index (χ3v) is 9.18. The van der Waals surface area contributed by atoms with Gasteiger partial charge >= 0.3 is 6.09 Å². The van der Waals surface area contributed by atoms with E-state index in [0.717, 1.165) is 51.8 Å². The van der Waals surface area contributed by atoms with E-state index in [4.69, 9.17) is 4.98 Å². The van der Waals surface area contributed by atoms with Gasteiger partial charge in [-0.15, -0.1) is 0 Å². The van der Waals surface area contributed by atoms with Gasteiger partial charge in [0.15, 0.2) is 0 Å². The molecule has 3 heterocycles. The number of likely N-dealkylation sites (tertiary alicyclic amines) is 1. The Kier molecular flexibility index (Phi) is 7.50. The summed E-state index contributed by atoms with van der Waals surface area (Å²) in [5.74, 6) is -0.0496. The Morgan fingerprint density at radius 1 is 1.05 bits per heavy atom. The number of para-hydroxylation sites is 1. The lowest BCUT2D eigenvalue weighted by Crippen LogP contribution is -2.62. The van der Waals surface area contributed by atoms with Gasteiger partial charge in [-0.1, -0.05) is 69.3 Å². The van der Waals surface area contributed by atoms with Crippen LogP contribution in [0.3, 0.4) is 0 Å². The highest BCUT2D eigenvalue weighted by Crippen LogP contribution is 2.45. The van der Waals surface area contributed by atoms with Gasteiger partial charge < -0.3 is 25.2 Å². The van der Waals surface area contributed by atoms with Crippen molar-refractivity contribution < 1.29 is 14.7 Å². The fourth-order valence-electron chi connectivity index (χ4n) is 7.12. The molecule has 4 aromatic rings. The first-order valence-electron chi connectivity index (χ1n) is 15.2. The molecule has 0 radical (unpaired) electrons. The number of aryl methyl sites for hydroxylation is 2. The van der Waals surface area contributed by atoms with Gasteiger partial charge in [0.2, 0.25) is 5.91 Å². The van der Waals surface area contributed by atoms with Crippen LogP contribution < -0.4 is 10.2 Å². The Morgan fingerprint density at radius 3 is 2.47 bits per heavy atom. The van der Waals surface area contributed by atoms with Crippen LogP contribution in [0.2, 0.25) is 0 Å². The van der Waals surface area contributed by atoms with E-state index in [-0.39, 0.29) is 23.4 Å². The predicted molar refractivity (Wildman–Crippen MR) is 169 cm³/mol. The molecule has 8 nitrogen and oxygen atoms in total. The second kappa shape index (κ2) is 11.2. The van der Waals surface area contributed by atoms with Crippen molar-refractivity contribution in [2.75, 3.05) is 11.4 Å². The average molecular weight is 580 g/mol. The average Bonchev–Trinajstić information content (AvgIpc) is 3.37. The molecule has 2 aliphatic rings. The number of carboxylic acid groups (broad SMARTS) is 1. The fraction of sp³-hybridized carbons (Fsp3) is 0.400. The highest BCUT2D eigenvalue weighted by Gasteiger charge is 2.47. The maximum atomic E-state index is 14.7. The first-order chi connectivity index (χ1) is 20.5. The van der Waals surface area contributed by atoms with Crippen molar-refractivity contribution in [3.8, 4) is 0 Å². The second-order valence-corrected chi connectivity index (χ2v) is 13.2. The third-order valence-electron chi connectivity index (χ3n) is 9.18. The molecular formula is C35H41N5O3. The van der Waals surface area contributed by atoms with Crippen molar-refractivity contribution in [2.45, 2.75) is 78.0 Å². The number of aromatic amines is 1. The summed E-state index contributed by atoms with van der Waals surface area (Å²) >= 11 is 0. The Balaban J connectivity index is 1.49. The minimum absolute atomic E-state index is 0.0363. The second-order valence-electron chi connectivity index (χ2n) is 13.2. The smallest absolute Gasteiger partial charge is 0.407 e. The van der Waals surface area contributed by atoms with E-state index in [1.807, 2.05) is 53.4 Å². The van der Waals surface area contributed by atoms with Gasteiger partial charge in [-0.2, -0.15) is 0 Å². The Bertz CT molecular complexity index is 1620. The number of amides is 2. The zero-order chi connectivity index (χ0) is 30.5. The van der Waals surface area contributed by atoms with Crippen LogP contribution in [0.25, 0.3) is 11.0 Å². The molecule has 8 heteroatoms. The number of carbonyl (C=O) groups is 2. The molecule has 0 saturated carbocycles. The Labute approximate surface area is 253 Å². The lowest BCUT2D eigenvalue weighted by Gasteiger charge is -2.49. The summed E-state index contributed by atoms with van der Waals surface area (Å²) in [7, 11) is 0. The number of H-pyrrole nitrogens is 1. The van der Waals surface area contributed by atoms with Crippen molar-refractivity contribution >= 4 is 28.7 Å². The van der Waals surface area contributed by atoms with Crippen LogP contribution in [0.5, 0.6) is 0 Å². The number of aromatic nitrogens is 2. The van der Waals surface area contributed by atoms with Crippen LogP contribution in [0.1, 0.15) is 73.7 Å². The van der Waals surface area contributed by atoms with E-state index in [1.165, 1.54) is 0 Å². The molecule has 0 bridgehead atoms. The van der Waals surface area contributed by atoms with E-state index >= 15 is 0 Å². The van der Waals surface area contributed by atoms with Crippen LogP contribution in [-0.4, -0.2) is 50.6 Å². The molecule has 1 saturated heterocycles. The number of rotatable bonds is 5. The normalized spacial score (nSPS) is 22.6. The summed E-state index contributed by atoms with van der Waals surface area (Å²) in [5, 5.41) is 14.0. The molecule has 6 rings (SSSR count). The van der Waals surface area contributed by atoms with Gasteiger partial charge in [0.1, 0.15) is 11.7 Å².